The smallest absolute Gasteiger partial charge is 0.317 e. The Labute approximate surface area is 211 Å². The topological polar surface area (TPSA) is 191 Å². The first-order valence-electron chi connectivity index (χ1n) is 11.7. The van der Waals surface area contributed by atoms with Crippen molar-refractivity contribution in [3.05, 3.63) is 0 Å². The first-order chi connectivity index (χ1) is 17.0. The summed E-state index contributed by atoms with van der Waals surface area (Å²) < 4.78 is 0. The van der Waals surface area contributed by atoms with E-state index in [0.717, 1.165) is 13.4 Å². The van der Waals surface area contributed by atoms with Crippen LogP contribution in [0.4, 0.5) is 0 Å². The van der Waals surface area contributed by atoms with E-state index >= 15 is 0 Å². The summed E-state index contributed by atoms with van der Waals surface area (Å²) in [6.07, 6.45) is 0.700. The van der Waals surface area contributed by atoms with Gasteiger partial charge in [0, 0.05) is 71.4 Å². The van der Waals surface area contributed by atoms with Crippen molar-refractivity contribution in [2.45, 2.75) is 32.4 Å². The van der Waals surface area contributed by atoms with Crippen molar-refractivity contribution in [2.75, 3.05) is 79.1 Å². The van der Waals surface area contributed by atoms with Crippen molar-refractivity contribution >= 4 is 30.1 Å². The largest absolute Gasteiger partial charge is 0.480 e. The number of amides is 1. The molecule has 36 heavy (non-hydrogen) atoms. The summed E-state index contributed by atoms with van der Waals surface area (Å²) in [4.78, 5) is 64.8. The molecule has 1 aliphatic heterocycles. The number of hydrogen-bond acceptors (Lipinski definition) is 10. The summed E-state index contributed by atoms with van der Waals surface area (Å²) in [5, 5.41) is 37.9. The number of carboxylic acid groups (broad SMARTS) is 3. The fourth-order valence-electron chi connectivity index (χ4n) is 3.89. The predicted molar refractivity (Wildman–Crippen MR) is 130 cm³/mol. The molecule has 1 saturated heterocycles. The third-order valence-electron chi connectivity index (χ3n) is 5.41. The summed E-state index contributed by atoms with van der Waals surface area (Å²) in [6, 6.07) is -0.714. The van der Waals surface area contributed by atoms with Crippen molar-refractivity contribution in [1.29, 1.82) is 0 Å². The molecule has 1 atom stereocenters. The van der Waals surface area contributed by atoms with E-state index in [0.29, 0.717) is 19.6 Å². The van der Waals surface area contributed by atoms with Gasteiger partial charge in [0.1, 0.15) is 6.29 Å². The molecule has 14 nitrogen and oxygen atoms in total. The van der Waals surface area contributed by atoms with Gasteiger partial charge in [0.05, 0.1) is 26.2 Å². The predicted octanol–water partition coefficient (Wildman–Crippen LogP) is -2.45. The summed E-state index contributed by atoms with van der Waals surface area (Å²) in [5.74, 6) is -3.46. The third-order valence-corrected chi connectivity index (χ3v) is 5.41. The highest BCUT2D eigenvalue weighted by Gasteiger charge is 2.28. The average Bonchev–Trinajstić information content (AvgIpc) is 2.76. The number of rotatable bonds is 11. The highest BCUT2D eigenvalue weighted by Crippen LogP contribution is 2.10. The van der Waals surface area contributed by atoms with E-state index in [4.69, 9.17) is 5.11 Å². The number of hydrogen-bond donors (Lipinski definition) is 5. The molecular weight excluding hydrogens is 478 g/mol. The van der Waals surface area contributed by atoms with Gasteiger partial charge in [-0.3, -0.25) is 38.8 Å². The van der Waals surface area contributed by atoms with E-state index in [1.54, 1.807) is 33.4 Å². The number of nitrogens with one attached hydrogen (secondary N) is 1. The van der Waals surface area contributed by atoms with Crippen LogP contribution in [0.3, 0.4) is 0 Å². The van der Waals surface area contributed by atoms with Gasteiger partial charge in [-0.1, -0.05) is 0 Å². The van der Waals surface area contributed by atoms with Crippen LogP contribution in [0, 0.1) is 0 Å². The van der Waals surface area contributed by atoms with Gasteiger partial charge in [0.2, 0.25) is 5.91 Å². The van der Waals surface area contributed by atoms with Crippen LogP contribution in [0.25, 0.3) is 0 Å². The molecule has 0 aliphatic carbocycles. The molecule has 1 amide bonds. The number of aliphatic carboxylic acids is 3. The molecule has 0 radical (unpaired) electrons. The van der Waals surface area contributed by atoms with Crippen molar-refractivity contribution in [1.82, 2.24) is 24.9 Å². The summed E-state index contributed by atoms with van der Waals surface area (Å²) >= 11 is 0. The molecule has 1 unspecified atom stereocenters. The second kappa shape index (κ2) is 18.6. The lowest BCUT2D eigenvalue weighted by atomic mass is 10.1. The van der Waals surface area contributed by atoms with E-state index in [9.17, 15) is 39.3 Å². The molecule has 0 aromatic rings. The highest BCUT2D eigenvalue weighted by molar-refractivity contribution is 5.77. The molecule has 5 N–H and O–H groups in total. The second-order valence-electron chi connectivity index (χ2n) is 8.71. The minimum absolute atomic E-state index is 0.0336. The number of aliphatic hydroxyl groups excluding tert-OH is 1. The number of carbonyl (C=O) groups is 5. The van der Waals surface area contributed by atoms with Crippen molar-refractivity contribution < 1.29 is 44.4 Å². The molecule has 1 heterocycles. The number of carboxylic acids is 3. The molecular formula is C22H41N5O9. The molecule has 208 valence electrons. The van der Waals surface area contributed by atoms with Crippen LogP contribution in [0.15, 0.2) is 0 Å². The van der Waals surface area contributed by atoms with E-state index in [1.807, 2.05) is 0 Å². The van der Waals surface area contributed by atoms with Crippen LogP contribution in [0.5, 0.6) is 0 Å². The summed E-state index contributed by atoms with van der Waals surface area (Å²) in [6.45, 7) is 4.68. The Balaban J connectivity index is 0.00000596. The maximum Gasteiger partial charge on any atom is 0.317 e. The number of carbonyl (C=O) groups excluding carboxylic acids is 2. The fraction of sp³-hybridized carbons (Fsp3) is 0.773. The zero-order valence-corrected chi connectivity index (χ0v) is 21.3. The number of nitrogens with zero attached hydrogens (tertiary/aromatic N) is 4. The van der Waals surface area contributed by atoms with E-state index < -0.39 is 23.9 Å². The second-order valence-corrected chi connectivity index (χ2v) is 8.71. The average molecular weight is 520 g/mol. The van der Waals surface area contributed by atoms with Gasteiger partial charge in [-0.2, -0.15) is 0 Å². The Morgan fingerprint density at radius 1 is 0.806 bits per heavy atom. The molecule has 0 aromatic carbocycles. The lowest BCUT2D eigenvalue weighted by Gasteiger charge is -2.37. The van der Waals surface area contributed by atoms with Gasteiger partial charge in [-0.25, -0.2) is 0 Å². The zero-order valence-electron chi connectivity index (χ0n) is 21.3. The third kappa shape index (κ3) is 15.4. The lowest BCUT2D eigenvalue weighted by molar-refractivity contribution is -0.141. The van der Waals surface area contributed by atoms with Gasteiger partial charge >= 0.3 is 17.9 Å². The van der Waals surface area contributed by atoms with Crippen LogP contribution in [0.1, 0.15) is 20.3 Å². The van der Waals surface area contributed by atoms with Gasteiger partial charge in [-0.15, -0.1) is 0 Å². The Morgan fingerprint density at radius 3 is 1.78 bits per heavy atom. The molecule has 0 aromatic heterocycles. The standard InChI is InChI=1S/C21H37N5O8.CH4O/c1-16(2)22-18(28)11-17-12-25(14-20(31)32)6-5-24(13-19(29)30)4-3-23(9-10-27)7-8-26(17)15-21(33)34;1-2/h10,16-17H,3-9,11-15H2,1-2H3,(H,22,28)(H,29,30)(H,31,32)(H,33,34);2H,1H3. The lowest BCUT2D eigenvalue weighted by Crippen LogP contribution is -2.53. The van der Waals surface area contributed by atoms with E-state index in [2.05, 4.69) is 5.32 Å². The Bertz CT molecular complexity index is 707. The van der Waals surface area contributed by atoms with Crippen molar-refractivity contribution in [3.8, 4) is 0 Å². The number of aliphatic hydroxyl groups is 1. The molecule has 0 bridgehead atoms. The first kappa shape index (κ1) is 33.4. The highest BCUT2D eigenvalue weighted by atomic mass is 16.4. The Kier molecular flexibility index (Phi) is 17.2. The SMILES string of the molecule is CC(C)NC(=O)CC1CN(CC(=O)O)CCN(CC(=O)O)CCN(CC=O)CCN1CC(=O)O.CO. The number of aldehydes is 1. The van der Waals surface area contributed by atoms with E-state index in [-0.39, 0.29) is 70.7 Å². The molecule has 0 spiro atoms. The van der Waals surface area contributed by atoms with Crippen LogP contribution >= 0.6 is 0 Å². The molecule has 0 saturated carbocycles. The molecule has 1 fully saturated rings. The minimum atomic E-state index is -1.08. The monoisotopic (exact) mass is 519 g/mol. The summed E-state index contributed by atoms with van der Waals surface area (Å²) in [7, 11) is 1.00. The minimum Gasteiger partial charge on any atom is -0.480 e. The molecule has 1 aliphatic rings. The van der Waals surface area contributed by atoms with Gasteiger partial charge in [0.25, 0.3) is 0 Å². The van der Waals surface area contributed by atoms with Gasteiger partial charge in [-0.05, 0) is 13.8 Å². The quantitative estimate of drug-likeness (QED) is 0.181. The van der Waals surface area contributed by atoms with Gasteiger partial charge < -0.3 is 30.5 Å². The summed E-state index contributed by atoms with van der Waals surface area (Å²) in [5.41, 5.74) is 0. The normalized spacial score (nSPS) is 19.3. The maximum atomic E-state index is 12.5. The van der Waals surface area contributed by atoms with Gasteiger partial charge in [0.15, 0.2) is 0 Å². The first-order valence-corrected chi connectivity index (χ1v) is 11.7. The van der Waals surface area contributed by atoms with E-state index in [1.165, 1.54) is 0 Å². The maximum absolute atomic E-state index is 12.5. The molecule has 1 rings (SSSR count). The molecule has 14 heteroatoms. The zero-order chi connectivity index (χ0) is 27.7. The Morgan fingerprint density at radius 2 is 1.28 bits per heavy atom. The van der Waals surface area contributed by atoms with Crippen LogP contribution in [-0.2, 0) is 24.0 Å². The van der Waals surface area contributed by atoms with Crippen LogP contribution in [-0.4, -0.2) is 161 Å². The van der Waals surface area contributed by atoms with Crippen molar-refractivity contribution in [3.63, 3.8) is 0 Å². The van der Waals surface area contributed by atoms with Crippen LogP contribution < -0.4 is 5.32 Å². The van der Waals surface area contributed by atoms with Crippen molar-refractivity contribution in [2.24, 2.45) is 0 Å². The fourth-order valence-corrected chi connectivity index (χ4v) is 3.89. The Hall–Kier alpha value is -2.65. The van der Waals surface area contributed by atoms with Crippen LogP contribution in [0.2, 0.25) is 0 Å².